The van der Waals surface area contributed by atoms with Gasteiger partial charge in [0.05, 0.1) is 11.5 Å². The van der Waals surface area contributed by atoms with Gasteiger partial charge in [-0.05, 0) is 12.1 Å². The summed E-state index contributed by atoms with van der Waals surface area (Å²) in [5.74, 6) is 4.01. The monoisotopic (exact) mass is 316 g/mol. The molecule has 0 aliphatic carbocycles. The number of nitrogens with zero attached hydrogens (tertiary/aromatic N) is 4. The highest BCUT2D eigenvalue weighted by atomic mass is 32.2. The third-order valence-electron chi connectivity index (χ3n) is 2.92. The molecule has 0 saturated heterocycles. The summed E-state index contributed by atoms with van der Waals surface area (Å²) >= 11 is 1.61. The third-order valence-corrected chi connectivity index (χ3v) is 3.84. The van der Waals surface area contributed by atoms with E-state index in [0.717, 1.165) is 5.56 Å². The van der Waals surface area contributed by atoms with Gasteiger partial charge in [-0.2, -0.15) is 4.98 Å². The van der Waals surface area contributed by atoms with Crippen molar-refractivity contribution in [2.75, 3.05) is 0 Å². The zero-order chi connectivity index (χ0) is 15.4. The number of benzene rings is 1. The van der Waals surface area contributed by atoms with E-state index in [9.17, 15) is 0 Å². The van der Waals surface area contributed by atoms with Gasteiger partial charge in [0.1, 0.15) is 0 Å². The van der Waals surface area contributed by atoms with E-state index in [4.69, 9.17) is 8.94 Å². The molecule has 0 atom stereocenters. The van der Waals surface area contributed by atoms with Gasteiger partial charge in [0.25, 0.3) is 0 Å². The van der Waals surface area contributed by atoms with Crippen LogP contribution in [0.25, 0.3) is 11.5 Å². The van der Waals surface area contributed by atoms with Crippen LogP contribution >= 0.6 is 11.8 Å². The molecule has 3 aromatic rings. The summed E-state index contributed by atoms with van der Waals surface area (Å²) in [7, 11) is 0. The summed E-state index contributed by atoms with van der Waals surface area (Å²) in [4.78, 5) is 4.33. The first-order valence-corrected chi connectivity index (χ1v) is 8.16. The Morgan fingerprint density at radius 1 is 1.09 bits per heavy atom. The standard InChI is InChI=1S/C15H16N4O2S/c1-10(2)14-16-12(19-21-14)8-22-9-13-17-18-15(20-13)11-6-4-3-5-7-11/h3-7,10H,8-9H2,1-2H3. The van der Waals surface area contributed by atoms with Crippen molar-refractivity contribution in [3.8, 4) is 11.5 Å². The highest BCUT2D eigenvalue weighted by Crippen LogP contribution is 2.21. The molecule has 6 nitrogen and oxygen atoms in total. The predicted octanol–water partition coefficient (Wildman–Crippen LogP) is 3.68. The van der Waals surface area contributed by atoms with E-state index in [1.54, 1.807) is 11.8 Å². The van der Waals surface area contributed by atoms with Crippen LogP contribution in [0.1, 0.15) is 37.4 Å². The highest BCUT2D eigenvalue weighted by molar-refractivity contribution is 7.97. The average molecular weight is 316 g/mol. The Hall–Kier alpha value is -2.15. The maximum absolute atomic E-state index is 5.64. The van der Waals surface area contributed by atoms with Crippen LogP contribution in [0.15, 0.2) is 39.3 Å². The first kappa shape index (κ1) is 14.8. The van der Waals surface area contributed by atoms with Gasteiger partial charge in [-0.3, -0.25) is 0 Å². The Balaban J connectivity index is 1.55. The Morgan fingerprint density at radius 2 is 1.91 bits per heavy atom. The average Bonchev–Trinajstić information content (AvgIpc) is 3.18. The maximum Gasteiger partial charge on any atom is 0.247 e. The van der Waals surface area contributed by atoms with Crippen molar-refractivity contribution in [1.82, 2.24) is 20.3 Å². The van der Waals surface area contributed by atoms with Crippen LogP contribution in [-0.4, -0.2) is 20.3 Å². The van der Waals surface area contributed by atoms with Gasteiger partial charge in [0, 0.05) is 11.5 Å². The minimum absolute atomic E-state index is 0.246. The molecule has 0 bridgehead atoms. The number of hydrogen-bond acceptors (Lipinski definition) is 7. The molecule has 114 valence electrons. The number of thioether (sulfide) groups is 1. The number of rotatable bonds is 6. The van der Waals surface area contributed by atoms with E-state index in [0.29, 0.717) is 35.0 Å². The van der Waals surface area contributed by atoms with E-state index in [1.165, 1.54) is 0 Å². The normalized spacial score (nSPS) is 11.2. The molecule has 0 aliphatic heterocycles. The minimum atomic E-state index is 0.246. The zero-order valence-electron chi connectivity index (χ0n) is 12.4. The van der Waals surface area contributed by atoms with Gasteiger partial charge < -0.3 is 8.94 Å². The Morgan fingerprint density at radius 3 is 2.64 bits per heavy atom. The fourth-order valence-electron chi connectivity index (χ4n) is 1.80. The molecule has 0 aliphatic rings. The van der Waals surface area contributed by atoms with Crippen molar-refractivity contribution < 1.29 is 8.94 Å². The van der Waals surface area contributed by atoms with Crippen LogP contribution in [-0.2, 0) is 11.5 Å². The maximum atomic E-state index is 5.64. The molecule has 22 heavy (non-hydrogen) atoms. The third kappa shape index (κ3) is 3.54. The second-order valence-corrected chi connectivity index (χ2v) is 6.05. The summed E-state index contributed by atoms with van der Waals surface area (Å²) in [6.07, 6.45) is 0. The molecular weight excluding hydrogens is 300 g/mol. The van der Waals surface area contributed by atoms with Crippen LogP contribution in [0.2, 0.25) is 0 Å². The largest absolute Gasteiger partial charge is 0.420 e. The van der Waals surface area contributed by atoms with Crippen LogP contribution in [0, 0.1) is 0 Å². The Bertz CT molecular complexity index is 724. The van der Waals surface area contributed by atoms with Crippen molar-refractivity contribution in [1.29, 1.82) is 0 Å². The van der Waals surface area contributed by atoms with Crippen molar-refractivity contribution in [3.05, 3.63) is 47.9 Å². The topological polar surface area (TPSA) is 77.8 Å². The fraction of sp³-hybridized carbons (Fsp3) is 0.333. The van der Waals surface area contributed by atoms with Gasteiger partial charge >= 0.3 is 0 Å². The molecule has 0 amide bonds. The van der Waals surface area contributed by atoms with E-state index in [1.807, 2.05) is 44.2 Å². The van der Waals surface area contributed by atoms with E-state index >= 15 is 0 Å². The summed E-state index contributed by atoms with van der Waals surface area (Å²) < 4.78 is 10.8. The molecule has 0 saturated carbocycles. The summed E-state index contributed by atoms with van der Waals surface area (Å²) in [5.41, 5.74) is 0.922. The lowest BCUT2D eigenvalue weighted by atomic mass is 10.2. The van der Waals surface area contributed by atoms with Gasteiger partial charge in [0.2, 0.25) is 17.7 Å². The van der Waals surface area contributed by atoms with Crippen molar-refractivity contribution in [3.63, 3.8) is 0 Å². The van der Waals surface area contributed by atoms with Crippen LogP contribution in [0.4, 0.5) is 0 Å². The highest BCUT2D eigenvalue weighted by Gasteiger charge is 2.11. The summed E-state index contributed by atoms with van der Waals surface area (Å²) in [6, 6.07) is 9.72. The van der Waals surface area contributed by atoms with Crippen LogP contribution in [0.3, 0.4) is 0 Å². The molecule has 0 N–H and O–H groups in total. The summed E-state index contributed by atoms with van der Waals surface area (Å²) in [6.45, 7) is 4.04. The SMILES string of the molecule is CC(C)c1nc(CSCc2nnc(-c3ccccc3)o2)no1. The van der Waals surface area contributed by atoms with Crippen LogP contribution < -0.4 is 0 Å². The van der Waals surface area contributed by atoms with Crippen molar-refractivity contribution in [2.24, 2.45) is 0 Å². The van der Waals surface area contributed by atoms with Gasteiger partial charge in [-0.15, -0.1) is 22.0 Å². The lowest BCUT2D eigenvalue weighted by Gasteiger charge is -1.94. The second kappa shape index (κ2) is 6.74. The molecule has 0 fully saturated rings. The van der Waals surface area contributed by atoms with Crippen LogP contribution in [0.5, 0.6) is 0 Å². The number of aromatic nitrogens is 4. The van der Waals surface area contributed by atoms with E-state index < -0.39 is 0 Å². The number of hydrogen-bond donors (Lipinski definition) is 0. The molecule has 7 heteroatoms. The molecule has 0 radical (unpaired) electrons. The van der Waals surface area contributed by atoms with E-state index in [2.05, 4.69) is 20.3 Å². The predicted molar refractivity (Wildman–Crippen MR) is 83.1 cm³/mol. The van der Waals surface area contributed by atoms with Gasteiger partial charge in [-0.1, -0.05) is 37.2 Å². The molecular formula is C15H16N4O2S. The summed E-state index contributed by atoms with van der Waals surface area (Å²) in [5, 5.41) is 12.1. The lowest BCUT2D eigenvalue weighted by molar-refractivity contribution is 0.362. The Kier molecular flexibility index (Phi) is 4.53. The quantitative estimate of drug-likeness (QED) is 0.686. The molecule has 3 rings (SSSR count). The lowest BCUT2D eigenvalue weighted by Crippen LogP contribution is -1.89. The first-order chi connectivity index (χ1) is 10.7. The fourth-order valence-corrected chi connectivity index (χ4v) is 2.49. The second-order valence-electron chi connectivity index (χ2n) is 5.06. The molecule has 1 aromatic carbocycles. The Labute approximate surface area is 132 Å². The molecule has 0 spiro atoms. The smallest absolute Gasteiger partial charge is 0.247 e. The molecule has 2 aromatic heterocycles. The van der Waals surface area contributed by atoms with E-state index in [-0.39, 0.29) is 5.92 Å². The van der Waals surface area contributed by atoms with Crippen molar-refractivity contribution >= 4 is 11.8 Å². The molecule has 2 heterocycles. The van der Waals surface area contributed by atoms with Gasteiger partial charge in [-0.25, -0.2) is 0 Å². The van der Waals surface area contributed by atoms with Gasteiger partial charge in [0.15, 0.2) is 5.82 Å². The molecule has 0 unspecified atom stereocenters. The minimum Gasteiger partial charge on any atom is -0.420 e. The van der Waals surface area contributed by atoms with Crippen molar-refractivity contribution in [2.45, 2.75) is 31.3 Å². The first-order valence-electron chi connectivity index (χ1n) is 7.00. The zero-order valence-corrected chi connectivity index (χ0v) is 13.2.